The molecule has 0 rings (SSSR count). The van der Waals surface area contributed by atoms with Crippen molar-refractivity contribution in [2.24, 2.45) is 0 Å². The van der Waals surface area contributed by atoms with Gasteiger partial charge < -0.3 is 10.2 Å². The van der Waals surface area contributed by atoms with Crippen LogP contribution in [0.25, 0.3) is 0 Å². The molecule has 0 bridgehead atoms. The molecule has 0 aromatic carbocycles. The van der Waals surface area contributed by atoms with Crippen LogP contribution in [-0.2, 0) is 0 Å². The van der Waals surface area contributed by atoms with Crippen LogP contribution in [0.2, 0.25) is 0 Å². The van der Waals surface area contributed by atoms with Crippen LogP contribution in [0.5, 0.6) is 0 Å². The predicted octanol–water partition coefficient (Wildman–Crippen LogP) is 2.60. The molecule has 102 valence electrons. The van der Waals surface area contributed by atoms with Crippen LogP contribution in [0.1, 0.15) is 32.6 Å². The second-order valence-corrected chi connectivity index (χ2v) is 3.88. The van der Waals surface area contributed by atoms with Crippen LogP contribution < -0.4 is 0 Å². The first-order valence-electron chi connectivity index (χ1n) is 6.58. The van der Waals surface area contributed by atoms with Gasteiger partial charge >= 0.3 is 0 Å². The highest BCUT2D eigenvalue weighted by Gasteiger charge is 1.92. The van der Waals surface area contributed by atoms with E-state index in [2.05, 4.69) is 23.7 Å². The lowest BCUT2D eigenvalue weighted by molar-refractivity contribution is 0.211. The highest BCUT2D eigenvalue weighted by atomic mass is 16.3. The molecule has 0 aliphatic carbocycles. The van der Waals surface area contributed by atoms with Gasteiger partial charge in [0.2, 0.25) is 0 Å². The molecule has 0 saturated carbocycles. The highest BCUT2D eigenvalue weighted by Crippen LogP contribution is 1.97. The third kappa shape index (κ3) is 14.2. The minimum Gasteiger partial charge on any atom is -0.396 e. The van der Waals surface area contributed by atoms with E-state index in [0.717, 1.165) is 12.8 Å². The molecule has 0 aromatic rings. The van der Waals surface area contributed by atoms with Gasteiger partial charge in [0.1, 0.15) is 0 Å². The van der Waals surface area contributed by atoms with Crippen LogP contribution in [0, 0.1) is 23.7 Å². The van der Waals surface area contributed by atoms with E-state index < -0.39 is 0 Å². The zero-order chi connectivity index (χ0) is 14.2. The smallest absolute Gasteiger partial charge is 0.0723 e. The first kappa shape index (κ1) is 17.3. The summed E-state index contributed by atoms with van der Waals surface area (Å²) >= 11 is 0. The molecule has 0 amide bonds. The van der Waals surface area contributed by atoms with Gasteiger partial charge in [0, 0.05) is 13.0 Å². The fourth-order valence-electron chi connectivity index (χ4n) is 1.17. The number of aliphatic hydroxyl groups excluding tert-OH is 2. The van der Waals surface area contributed by atoms with Gasteiger partial charge in [-0.25, -0.2) is 0 Å². The van der Waals surface area contributed by atoms with Crippen molar-refractivity contribution in [3.8, 4) is 23.7 Å². The van der Waals surface area contributed by atoms with Gasteiger partial charge in [0.15, 0.2) is 0 Å². The van der Waals surface area contributed by atoms with E-state index in [1.165, 1.54) is 0 Å². The quantitative estimate of drug-likeness (QED) is 0.418. The summed E-state index contributed by atoms with van der Waals surface area (Å²) in [5, 5.41) is 17.9. The zero-order valence-electron chi connectivity index (χ0n) is 11.5. The molecule has 0 spiro atoms. The molecule has 0 fully saturated rings. The SMILES string of the molecule is CCC[C@@H](O)/C=C/C=C/C=C/C#CC#CCCCO. The lowest BCUT2D eigenvalue weighted by Crippen LogP contribution is -1.99. The average molecular weight is 258 g/mol. The van der Waals surface area contributed by atoms with Crippen LogP contribution in [0.4, 0.5) is 0 Å². The lowest BCUT2D eigenvalue weighted by atomic mass is 10.2. The maximum Gasteiger partial charge on any atom is 0.0723 e. The molecule has 0 aromatic heterocycles. The molecule has 0 aliphatic heterocycles. The van der Waals surface area contributed by atoms with E-state index in [4.69, 9.17) is 5.11 Å². The van der Waals surface area contributed by atoms with Gasteiger partial charge in [-0.2, -0.15) is 0 Å². The molecule has 19 heavy (non-hydrogen) atoms. The molecular weight excluding hydrogens is 236 g/mol. The van der Waals surface area contributed by atoms with E-state index in [9.17, 15) is 5.11 Å². The van der Waals surface area contributed by atoms with E-state index >= 15 is 0 Å². The van der Waals surface area contributed by atoms with Crippen LogP contribution in [0.3, 0.4) is 0 Å². The molecule has 2 heteroatoms. The Hall–Kier alpha value is -1.74. The fourth-order valence-corrected chi connectivity index (χ4v) is 1.17. The van der Waals surface area contributed by atoms with Gasteiger partial charge in [-0.05, 0) is 30.8 Å². The lowest BCUT2D eigenvalue weighted by Gasteiger charge is -1.99. The van der Waals surface area contributed by atoms with E-state index in [1.807, 2.05) is 31.2 Å². The van der Waals surface area contributed by atoms with Crippen molar-refractivity contribution in [2.75, 3.05) is 6.61 Å². The Bertz CT molecular complexity index is 408. The largest absolute Gasteiger partial charge is 0.396 e. The minimum absolute atomic E-state index is 0.174. The number of unbranched alkanes of at least 4 members (excludes halogenated alkanes) is 1. The number of rotatable bonds is 7. The molecule has 0 unspecified atom stereocenters. The first-order chi connectivity index (χ1) is 9.31. The maximum absolute atomic E-state index is 9.42. The minimum atomic E-state index is -0.354. The summed E-state index contributed by atoms with van der Waals surface area (Å²) in [4.78, 5) is 0. The Morgan fingerprint density at radius 2 is 1.89 bits per heavy atom. The summed E-state index contributed by atoms with van der Waals surface area (Å²) in [5.41, 5.74) is 0. The maximum atomic E-state index is 9.42. The third-order valence-corrected chi connectivity index (χ3v) is 2.11. The molecular formula is C17H22O2. The predicted molar refractivity (Wildman–Crippen MR) is 80.2 cm³/mol. The van der Waals surface area contributed by atoms with Gasteiger partial charge in [-0.3, -0.25) is 0 Å². The highest BCUT2D eigenvalue weighted by molar-refractivity contribution is 5.32. The Morgan fingerprint density at radius 1 is 1.11 bits per heavy atom. The van der Waals surface area contributed by atoms with E-state index in [0.29, 0.717) is 12.8 Å². The van der Waals surface area contributed by atoms with Crippen molar-refractivity contribution < 1.29 is 10.2 Å². The first-order valence-corrected chi connectivity index (χ1v) is 6.58. The van der Waals surface area contributed by atoms with Crippen LogP contribution in [0.15, 0.2) is 36.5 Å². The zero-order valence-corrected chi connectivity index (χ0v) is 11.5. The summed E-state index contributed by atoms with van der Waals surface area (Å²) in [6.45, 7) is 2.22. The molecule has 1 atom stereocenters. The standard InChI is InChI=1S/C17H22O2/c1-2-14-17(19)15-12-10-8-6-4-3-5-7-9-11-13-16-18/h4,6,8,10,12,15,17-19H,2,11,13-14,16H2,1H3/b6-4+,10-8+,15-12+/t17-/m1/s1. The van der Waals surface area contributed by atoms with Crippen molar-refractivity contribution >= 4 is 0 Å². The van der Waals surface area contributed by atoms with Crippen molar-refractivity contribution in [1.82, 2.24) is 0 Å². The molecule has 0 radical (unpaired) electrons. The van der Waals surface area contributed by atoms with Crippen LogP contribution >= 0.6 is 0 Å². The van der Waals surface area contributed by atoms with Gasteiger partial charge in [-0.1, -0.05) is 55.6 Å². The Labute approximate surface area is 116 Å². The van der Waals surface area contributed by atoms with Crippen molar-refractivity contribution in [1.29, 1.82) is 0 Å². The van der Waals surface area contributed by atoms with Crippen molar-refractivity contribution in [2.45, 2.75) is 38.7 Å². The number of hydrogen-bond donors (Lipinski definition) is 2. The fraction of sp³-hybridized carbons (Fsp3) is 0.412. The molecule has 0 saturated heterocycles. The Balaban J connectivity index is 3.83. The number of hydrogen-bond acceptors (Lipinski definition) is 2. The van der Waals surface area contributed by atoms with Crippen LogP contribution in [-0.4, -0.2) is 22.9 Å². The van der Waals surface area contributed by atoms with Crippen molar-refractivity contribution in [3.05, 3.63) is 36.5 Å². The summed E-state index contributed by atoms with van der Waals surface area (Å²) in [7, 11) is 0. The topological polar surface area (TPSA) is 40.5 Å². The normalized spacial score (nSPS) is 12.4. The van der Waals surface area contributed by atoms with Gasteiger partial charge in [0.25, 0.3) is 0 Å². The second kappa shape index (κ2) is 14.3. The van der Waals surface area contributed by atoms with Gasteiger partial charge in [-0.15, -0.1) is 0 Å². The number of allylic oxidation sites excluding steroid dienone is 5. The molecule has 2 nitrogen and oxygen atoms in total. The average Bonchev–Trinajstić information content (AvgIpc) is 2.40. The molecule has 2 N–H and O–H groups in total. The summed E-state index contributed by atoms with van der Waals surface area (Å²) in [5.74, 6) is 11.0. The van der Waals surface area contributed by atoms with Crippen molar-refractivity contribution in [3.63, 3.8) is 0 Å². The second-order valence-electron chi connectivity index (χ2n) is 3.88. The molecule has 0 aliphatic rings. The van der Waals surface area contributed by atoms with Gasteiger partial charge in [0.05, 0.1) is 6.10 Å². The van der Waals surface area contributed by atoms with E-state index in [1.54, 1.807) is 12.2 Å². The van der Waals surface area contributed by atoms with E-state index in [-0.39, 0.29) is 12.7 Å². The third-order valence-electron chi connectivity index (χ3n) is 2.11. The summed E-state index contributed by atoms with van der Waals surface area (Å²) < 4.78 is 0. The Morgan fingerprint density at radius 3 is 2.63 bits per heavy atom. The monoisotopic (exact) mass is 258 g/mol. The summed E-state index contributed by atoms with van der Waals surface area (Å²) in [6, 6.07) is 0. The summed E-state index contributed by atoms with van der Waals surface area (Å²) in [6.07, 6.45) is 13.6. The molecule has 0 heterocycles. The Kier molecular flexibility index (Phi) is 13.0. The number of aliphatic hydroxyl groups is 2.